The van der Waals surface area contributed by atoms with Crippen molar-refractivity contribution in [2.75, 3.05) is 0 Å². The van der Waals surface area contributed by atoms with E-state index in [9.17, 15) is 9.59 Å². The van der Waals surface area contributed by atoms with Crippen LogP contribution in [0.5, 0.6) is 0 Å². The highest BCUT2D eigenvalue weighted by Gasteiger charge is 2.46. The molecule has 2 amide bonds. The number of nitrogens with zero attached hydrogens (tertiary/aromatic N) is 1. The van der Waals surface area contributed by atoms with Crippen LogP contribution in [0.4, 0.5) is 0 Å². The average Bonchev–Trinajstić information content (AvgIpc) is 3.20. The molecule has 1 aliphatic carbocycles. The van der Waals surface area contributed by atoms with Crippen LogP contribution in [0.3, 0.4) is 0 Å². The highest BCUT2D eigenvalue weighted by Crippen LogP contribution is 2.41. The minimum Gasteiger partial charge on any atom is -0.302 e. The molecule has 1 aromatic rings. The summed E-state index contributed by atoms with van der Waals surface area (Å²) < 4.78 is 0. The molecule has 2 fully saturated rings. The van der Waals surface area contributed by atoms with E-state index >= 15 is 0 Å². The standard InChI is InChI=1S/C17H22N2O2/c1-3-11(2)19-16(20)10-15(17(19)21)18-14-9-13(14)12-7-5-4-6-8-12/h4-8,11,13-15,18H,3,9-10H2,1-2H3. The number of benzene rings is 1. The van der Waals surface area contributed by atoms with Crippen molar-refractivity contribution in [2.24, 2.45) is 0 Å². The summed E-state index contributed by atoms with van der Waals surface area (Å²) in [6.07, 6.45) is 2.16. The molecule has 1 saturated heterocycles. The van der Waals surface area contributed by atoms with E-state index in [1.165, 1.54) is 10.5 Å². The minimum atomic E-state index is -0.329. The Balaban J connectivity index is 1.60. The van der Waals surface area contributed by atoms with Gasteiger partial charge in [-0.1, -0.05) is 37.3 Å². The number of hydrogen-bond donors (Lipinski definition) is 1. The Kier molecular flexibility index (Phi) is 3.81. The van der Waals surface area contributed by atoms with E-state index in [1.54, 1.807) is 0 Å². The van der Waals surface area contributed by atoms with E-state index < -0.39 is 0 Å². The fourth-order valence-electron chi connectivity index (χ4n) is 3.13. The molecule has 3 rings (SSSR count). The number of rotatable bonds is 5. The number of carbonyl (C=O) groups is 2. The van der Waals surface area contributed by atoms with E-state index in [2.05, 4.69) is 17.4 Å². The van der Waals surface area contributed by atoms with Crippen LogP contribution in [0.1, 0.15) is 44.6 Å². The van der Waals surface area contributed by atoms with Crippen LogP contribution in [0.25, 0.3) is 0 Å². The van der Waals surface area contributed by atoms with Gasteiger partial charge in [0.05, 0.1) is 12.5 Å². The first-order chi connectivity index (χ1) is 10.1. The smallest absolute Gasteiger partial charge is 0.247 e. The topological polar surface area (TPSA) is 49.4 Å². The van der Waals surface area contributed by atoms with E-state index in [4.69, 9.17) is 0 Å². The van der Waals surface area contributed by atoms with Crippen molar-refractivity contribution in [3.8, 4) is 0 Å². The van der Waals surface area contributed by atoms with Gasteiger partial charge in [0.2, 0.25) is 11.8 Å². The first kappa shape index (κ1) is 14.3. The molecule has 4 unspecified atom stereocenters. The maximum Gasteiger partial charge on any atom is 0.247 e. The normalized spacial score (nSPS) is 29.8. The minimum absolute atomic E-state index is 0.000855. The molecule has 0 spiro atoms. The van der Waals surface area contributed by atoms with Crippen LogP contribution in [-0.4, -0.2) is 34.8 Å². The van der Waals surface area contributed by atoms with Gasteiger partial charge in [-0.3, -0.25) is 14.5 Å². The third-order valence-corrected chi connectivity index (χ3v) is 4.65. The van der Waals surface area contributed by atoms with Crippen LogP contribution in [0.2, 0.25) is 0 Å². The third-order valence-electron chi connectivity index (χ3n) is 4.65. The molecule has 1 saturated carbocycles. The zero-order valence-electron chi connectivity index (χ0n) is 12.6. The second-order valence-electron chi connectivity index (χ2n) is 6.14. The maximum absolute atomic E-state index is 12.4. The SMILES string of the molecule is CCC(C)N1C(=O)CC(NC2CC2c2ccccc2)C1=O. The lowest BCUT2D eigenvalue weighted by Crippen LogP contribution is -2.43. The average molecular weight is 286 g/mol. The summed E-state index contributed by atoms with van der Waals surface area (Å²) in [4.78, 5) is 25.8. The van der Waals surface area contributed by atoms with Crippen molar-refractivity contribution < 1.29 is 9.59 Å². The second kappa shape index (κ2) is 5.60. The molecule has 4 heteroatoms. The Morgan fingerprint density at radius 1 is 1.29 bits per heavy atom. The molecule has 1 heterocycles. The second-order valence-corrected chi connectivity index (χ2v) is 6.14. The Bertz CT molecular complexity index is 543. The Morgan fingerprint density at radius 2 is 2.00 bits per heavy atom. The number of likely N-dealkylation sites (tertiary alicyclic amines) is 1. The summed E-state index contributed by atoms with van der Waals surface area (Å²) in [5.74, 6) is 0.392. The van der Waals surface area contributed by atoms with Gasteiger partial charge in [0.15, 0.2) is 0 Å². The largest absolute Gasteiger partial charge is 0.302 e. The van der Waals surface area contributed by atoms with Gasteiger partial charge >= 0.3 is 0 Å². The first-order valence-corrected chi connectivity index (χ1v) is 7.78. The summed E-state index contributed by atoms with van der Waals surface area (Å²) in [5, 5.41) is 3.38. The molecule has 4 atom stereocenters. The zero-order valence-corrected chi connectivity index (χ0v) is 12.6. The monoisotopic (exact) mass is 286 g/mol. The van der Waals surface area contributed by atoms with Gasteiger partial charge in [0, 0.05) is 18.0 Å². The molecule has 1 aromatic carbocycles. The maximum atomic E-state index is 12.4. The van der Waals surface area contributed by atoms with Crippen molar-refractivity contribution in [3.63, 3.8) is 0 Å². The van der Waals surface area contributed by atoms with E-state index in [0.717, 1.165) is 12.8 Å². The number of nitrogens with one attached hydrogen (secondary N) is 1. The van der Waals surface area contributed by atoms with Crippen molar-refractivity contribution in [1.82, 2.24) is 10.2 Å². The van der Waals surface area contributed by atoms with Gasteiger partial charge in [-0.2, -0.15) is 0 Å². The molecule has 4 nitrogen and oxygen atoms in total. The predicted octanol–water partition coefficient (Wildman–Crippen LogP) is 2.06. The van der Waals surface area contributed by atoms with Gasteiger partial charge in [0.25, 0.3) is 0 Å². The molecule has 0 bridgehead atoms. The Labute approximate surface area is 125 Å². The van der Waals surface area contributed by atoms with Crippen molar-refractivity contribution in [2.45, 2.75) is 57.2 Å². The first-order valence-electron chi connectivity index (χ1n) is 7.78. The molecule has 0 aromatic heterocycles. The molecular weight excluding hydrogens is 264 g/mol. The lowest BCUT2D eigenvalue weighted by atomic mass is 10.1. The number of carbonyl (C=O) groups excluding carboxylic acids is 2. The molecule has 2 aliphatic rings. The Hall–Kier alpha value is -1.68. The lowest BCUT2D eigenvalue weighted by Gasteiger charge is -2.21. The Morgan fingerprint density at radius 3 is 2.67 bits per heavy atom. The number of imide groups is 1. The highest BCUT2D eigenvalue weighted by atomic mass is 16.2. The molecule has 112 valence electrons. The molecule has 21 heavy (non-hydrogen) atoms. The van der Waals surface area contributed by atoms with E-state index in [0.29, 0.717) is 18.4 Å². The van der Waals surface area contributed by atoms with Crippen LogP contribution in [0.15, 0.2) is 30.3 Å². The third kappa shape index (κ3) is 2.72. The number of hydrogen-bond acceptors (Lipinski definition) is 3. The molecule has 0 radical (unpaired) electrons. The van der Waals surface area contributed by atoms with Gasteiger partial charge in [-0.15, -0.1) is 0 Å². The van der Waals surface area contributed by atoms with Crippen molar-refractivity contribution in [1.29, 1.82) is 0 Å². The van der Waals surface area contributed by atoms with Crippen molar-refractivity contribution >= 4 is 11.8 Å². The fraction of sp³-hybridized carbons (Fsp3) is 0.529. The summed E-state index contributed by atoms with van der Waals surface area (Å²) in [5.41, 5.74) is 1.31. The van der Waals surface area contributed by atoms with Gasteiger partial charge in [-0.25, -0.2) is 0 Å². The van der Waals surface area contributed by atoms with Crippen LogP contribution in [-0.2, 0) is 9.59 Å². The summed E-state index contributed by atoms with van der Waals surface area (Å²) in [6, 6.07) is 10.3. The summed E-state index contributed by atoms with van der Waals surface area (Å²) in [7, 11) is 0. The summed E-state index contributed by atoms with van der Waals surface area (Å²) in [6.45, 7) is 3.93. The quantitative estimate of drug-likeness (QED) is 0.843. The fourth-order valence-corrected chi connectivity index (χ4v) is 3.13. The van der Waals surface area contributed by atoms with Crippen LogP contribution >= 0.6 is 0 Å². The zero-order chi connectivity index (χ0) is 15.0. The lowest BCUT2D eigenvalue weighted by molar-refractivity contribution is -0.141. The summed E-state index contributed by atoms with van der Waals surface area (Å²) >= 11 is 0. The van der Waals surface area contributed by atoms with Gasteiger partial charge < -0.3 is 5.32 Å². The highest BCUT2D eigenvalue weighted by molar-refractivity contribution is 6.05. The van der Waals surface area contributed by atoms with Gasteiger partial charge in [-0.05, 0) is 25.3 Å². The predicted molar refractivity (Wildman–Crippen MR) is 80.7 cm³/mol. The number of amides is 2. The van der Waals surface area contributed by atoms with Gasteiger partial charge in [0.1, 0.15) is 0 Å². The van der Waals surface area contributed by atoms with E-state index in [-0.39, 0.29) is 23.9 Å². The molecular formula is C17H22N2O2. The molecule has 1 N–H and O–H groups in total. The van der Waals surface area contributed by atoms with Crippen molar-refractivity contribution in [3.05, 3.63) is 35.9 Å². The van der Waals surface area contributed by atoms with Crippen LogP contribution in [0, 0.1) is 0 Å². The van der Waals surface area contributed by atoms with Crippen LogP contribution < -0.4 is 5.32 Å². The van der Waals surface area contributed by atoms with E-state index in [1.807, 2.05) is 32.0 Å². The molecule has 1 aliphatic heterocycles.